The van der Waals surface area contributed by atoms with Crippen molar-refractivity contribution >= 4 is 11.9 Å². The lowest BCUT2D eigenvalue weighted by Gasteiger charge is -2.11. The number of carbonyl (C=O) groups is 1. The van der Waals surface area contributed by atoms with Crippen LogP contribution in [-0.4, -0.2) is 33.5 Å². The summed E-state index contributed by atoms with van der Waals surface area (Å²) in [6.45, 7) is 0.0304. The Labute approximate surface area is 134 Å². The van der Waals surface area contributed by atoms with Gasteiger partial charge in [0.1, 0.15) is 6.54 Å². The zero-order valence-corrected chi connectivity index (χ0v) is 12.4. The Balaban J connectivity index is 1.85. The molecule has 0 aliphatic rings. The van der Waals surface area contributed by atoms with Crippen molar-refractivity contribution in [3.8, 4) is 0 Å². The second kappa shape index (κ2) is 7.57. The van der Waals surface area contributed by atoms with Crippen molar-refractivity contribution in [2.75, 3.05) is 18.4 Å². The zero-order chi connectivity index (χ0) is 17.6. The van der Waals surface area contributed by atoms with Crippen LogP contribution in [0.3, 0.4) is 0 Å². The molecule has 0 aliphatic heterocycles. The number of hydrogen-bond acceptors (Lipinski definition) is 5. The van der Waals surface area contributed by atoms with Crippen LogP contribution in [0.5, 0.6) is 0 Å². The SMILES string of the molecule is O=C(Cn1cc(C(F)(F)F)ccc1=O)NCCNc1ncccn1. The summed E-state index contributed by atoms with van der Waals surface area (Å²) >= 11 is 0. The third-order valence-electron chi connectivity index (χ3n) is 2.92. The van der Waals surface area contributed by atoms with E-state index in [0.717, 1.165) is 6.07 Å². The van der Waals surface area contributed by atoms with Gasteiger partial charge in [0.25, 0.3) is 5.56 Å². The largest absolute Gasteiger partial charge is 0.417 e. The quantitative estimate of drug-likeness (QED) is 0.762. The molecule has 0 bridgehead atoms. The molecular weight excluding hydrogens is 327 g/mol. The number of nitrogens with one attached hydrogen (secondary N) is 2. The summed E-state index contributed by atoms with van der Waals surface area (Å²) in [6, 6.07) is 3.12. The van der Waals surface area contributed by atoms with Gasteiger partial charge in [-0.25, -0.2) is 9.97 Å². The molecule has 7 nitrogen and oxygen atoms in total. The Morgan fingerprint density at radius 2 is 1.88 bits per heavy atom. The Morgan fingerprint density at radius 3 is 2.54 bits per heavy atom. The van der Waals surface area contributed by atoms with E-state index in [-0.39, 0.29) is 6.54 Å². The molecule has 2 heterocycles. The lowest BCUT2D eigenvalue weighted by molar-refractivity contribution is -0.138. The minimum absolute atomic E-state index is 0.199. The summed E-state index contributed by atoms with van der Waals surface area (Å²) in [7, 11) is 0. The Bertz CT molecular complexity index is 746. The van der Waals surface area contributed by atoms with E-state index in [2.05, 4.69) is 20.6 Å². The highest BCUT2D eigenvalue weighted by molar-refractivity contribution is 5.75. The molecule has 2 N–H and O–H groups in total. The summed E-state index contributed by atoms with van der Waals surface area (Å²) in [4.78, 5) is 31.1. The number of carbonyl (C=O) groups excluding carboxylic acids is 1. The van der Waals surface area contributed by atoms with E-state index >= 15 is 0 Å². The third kappa shape index (κ3) is 5.07. The van der Waals surface area contributed by atoms with E-state index in [1.165, 1.54) is 0 Å². The number of amides is 1. The number of pyridine rings is 1. The van der Waals surface area contributed by atoms with Crippen molar-refractivity contribution in [3.63, 3.8) is 0 Å². The molecule has 2 rings (SSSR count). The molecule has 1 amide bonds. The van der Waals surface area contributed by atoms with Gasteiger partial charge in [-0.05, 0) is 12.1 Å². The Hall–Kier alpha value is -2.91. The molecule has 0 saturated carbocycles. The van der Waals surface area contributed by atoms with Gasteiger partial charge in [0.2, 0.25) is 11.9 Å². The molecule has 0 unspecified atom stereocenters. The number of anilines is 1. The number of halogens is 3. The molecule has 2 aromatic rings. The highest BCUT2D eigenvalue weighted by Gasteiger charge is 2.31. The van der Waals surface area contributed by atoms with Crippen LogP contribution in [0.4, 0.5) is 19.1 Å². The van der Waals surface area contributed by atoms with Gasteiger partial charge in [0.15, 0.2) is 0 Å². The van der Waals surface area contributed by atoms with Crippen LogP contribution in [0.15, 0.2) is 41.6 Å². The second-order valence-corrected chi connectivity index (χ2v) is 4.73. The molecule has 128 valence electrons. The maximum Gasteiger partial charge on any atom is 0.417 e. The third-order valence-corrected chi connectivity index (χ3v) is 2.92. The van der Waals surface area contributed by atoms with Crippen molar-refractivity contribution < 1.29 is 18.0 Å². The first-order chi connectivity index (χ1) is 11.4. The molecule has 0 atom stereocenters. The van der Waals surface area contributed by atoms with E-state index in [0.29, 0.717) is 29.3 Å². The maximum absolute atomic E-state index is 12.6. The van der Waals surface area contributed by atoms with Gasteiger partial charge in [-0.3, -0.25) is 9.59 Å². The number of nitrogens with zero attached hydrogens (tertiary/aromatic N) is 3. The van der Waals surface area contributed by atoms with Crippen LogP contribution >= 0.6 is 0 Å². The molecule has 10 heteroatoms. The van der Waals surface area contributed by atoms with Gasteiger partial charge in [0.05, 0.1) is 5.56 Å². The molecule has 24 heavy (non-hydrogen) atoms. The van der Waals surface area contributed by atoms with E-state index < -0.39 is 29.8 Å². The molecule has 0 aromatic carbocycles. The van der Waals surface area contributed by atoms with Gasteiger partial charge >= 0.3 is 6.18 Å². The number of hydrogen-bond donors (Lipinski definition) is 2. The van der Waals surface area contributed by atoms with Crippen molar-refractivity contribution in [2.45, 2.75) is 12.7 Å². The predicted octanol–water partition coefficient (Wildman–Crippen LogP) is 0.885. The highest BCUT2D eigenvalue weighted by atomic mass is 19.4. The topological polar surface area (TPSA) is 88.9 Å². The molecule has 0 spiro atoms. The van der Waals surface area contributed by atoms with E-state index in [1.54, 1.807) is 18.5 Å². The normalized spacial score (nSPS) is 11.1. The van der Waals surface area contributed by atoms with Crippen LogP contribution in [0.25, 0.3) is 0 Å². The summed E-state index contributed by atoms with van der Waals surface area (Å²) in [5.41, 5.74) is -1.67. The minimum atomic E-state index is -4.58. The smallest absolute Gasteiger partial charge is 0.353 e. The van der Waals surface area contributed by atoms with E-state index in [9.17, 15) is 22.8 Å². The van der Waals surface area contributed by atoms with Gasteiger partial charge in [-0.1, -0.05) is 0 Å². The minimum Gasteiger partial charge on any atom is -0.353 e. The highest BCUT2D eigenvalue weighted by Crippen LogP contribution is 2.27. The fourth-order valence-corrected chi connectivity index (χ4v) is 1.80. The van der Waals surface area contributed by atoms with Gasteiger partial charge in [0, 0.05) is 37.7 Å². The van der Waals surface area contributed by atoms with Crippen LogP contribution in [0.2, 0.25) is 0 Å². The lowest BCUT2D eigenvalue weighted by atomic mass is 10.3. The summed E-state index contributed by atoms with van der Waals surface area (Å²) in [5, 5.41) is 5.34. The first kappa shape index (κ1) is 17.4. The Morgan fingerprint density at radius 1 is 1.17 bits per heavy atom. The van der Waals surface area contributed by atoms with E-state index in [4.69, 9.17) is 0 Å². The Kier molecular flexibility index (Phi) is 5.51. The van der Waals surface area contributed by atoms with Crippen molar-refractivity contribution in [1.29, 1.82) is 0 Å². The fraction of sp³-hybridized carbons (Fsp3) is 0.286. The van der Waals surface area contributed by atoms with Gasteiger partial charge in [-0.2, -0.15) is 13.2 Å². The van der Waals surface area contributed by atoms with Crippen molar-refractivity contribution in [3.05, 3.63) is 52.7 Å². The van der Waals surface area contributed by atoms with Crippen LogP contribution in [0.1, 0.15) is 5.56 Å². The molecule has 0 fully saturated rings. The lowest BCUT2D eigenvalue weighted by Crippen LogP contribution is -2.35. The molecule has 0 aliphatic carbocycles. The number of aromatic nitrogens is 3. The standard InChI is InChI=1S/C14H14F3N5O2/c15-14(16,17)10-2-3-12(24)22(8-10)9-11(23)18-6-7-21-13-19-4-1-5-20-13/h1-5,8H,6-7,9H2,(H,18,23)(H,19,20,21). The van der Waals surface area contributed by atoms with Crippen LogP contribution in [-0.2, 0) is 17.5 Å². The van der Waals surface area contributed by atoms with Crippen molar-refractivity contribution in [1.82, 2.24) is 19.9 Å². The van der Waals surface area contributed by atoms with Crippen molar-refractivity contribution in [2.24, 2.45) is 0 Å². The zero-order valence-electron chi connectivity index (χ0n) is 12.4. The first-order valence-corrected chi connectivity index (χ1v) is 6.91. The van der Waals surface area contributed by atoms with Gasteiger partial charge in [-0.15, -0.1) is 0 Å². The molecule has 0 radical (unpaired) electrons. The molecular formula is C14H14F3N5O2. The average Bonchev–Trinajstić information content (AvgIpc) is 2.53. The second-order valence-electron chi connectivity index (χ2n) is 4.73. The average molecular weight is 341 g/mol. The monoisotopic (exact) mass is 341 g/mol. The molecule has 0 saturated heterocycles. The fourth-order valence-electron chi connectivity index (χ4n) is 1.80. The summed E-state index contributed by atoms with van der Waals surface area (Å²) in [6.07, 6.45) is -0.856. The predicted molar refractivity (Wildman–Crippen MR) is 79.2 cm³/mol. The maximum atomic E-state index is 12.6. The number of rotatable bonds is 6. The van der Waals surface area contributed by atoms with Crippen LogP contribution < -0.4 is 16.2 Å². The molecule has 2 aromatic heterocycles. The number of alkyl halides is 3. The summed E-state index contributed by atoms with van der Waals surface area (Å²) < 4.78 is 38.5. The summed E-state index contributed by atoms with van der Waals surface area (Å²) in [5.74, 6) is -0.187. The van der Waals surface area contributed by atoms with Crippen LogP contribution in [0, 0.1) is 0 Å². The first-order valence-electron chi connectivity index (χ1n) is 6.91. The van der Waals surface area contributed by atoms with E-state index in [1.807, 2.05) is 0 Å². The van der Waals surface area contributed by atoms with Gasteiger partial charge < -0.3 is 15.2 Å².